The minimum absolute atomic E-state index is 0.00597. The van der Waals surface area contributed by atoms with Crippen molar-refractivity contribution < 1.29 is 14.6 Å². The molecule has 0 spiro atoms. The molecule has 2 aliphatic carbocycles. The summed E-state index contributed by atoms with van der Waals surface area (Å²) < 4.78 is 4.87. The van der Waals surface area contributed by atoms with Gasteiger partial charge in [-0.05, 0) is 25.7 Å². The molecule has 2 unspecified atom stereocenters. The van der Waals surface area contributed by atoms with Gasteiger partial charge < -0.3 is 9.84 Å². The minimum atomic E-state index is -1.15. The standard InChI is InChI=1S/C12H18O3/c1-12(2)9(10(12)15-11(13)14)7-8-5-3-4-6-8/h7,9-10H,3-6H2,1-2H3,(H,13,14). The third kappa shape index (κ3) is 2.01. The molecule has 0 amide bonds. The molecular weight excluding hydrogens is 192 g/mol. The van der Waals surface area contributed by atoms with E-state index < -0.39 is 6.16 Å². The van der Waals surface area contributed by atoms with Crippen LogP contribution in [0.3, 0.4) is 0 Å². The Balaban J connectivity index is 1.99. The van der Waals surface area contributed by atoms with Crippen molar-refractivity contribution in [1.82, 2.24) is 0 Å². The molecule has 2 saturated carbocycles. The van der Waals surface area contributed by atoms with Crippen LogP contribution in [0, 0.1) is 11.3 Å². The molecule has 15 heavy (non-hydrogen) atoms. The highest BCUT2D eigenvalue weighted by Gasteiger charge is 2.59. The third-order valence-corrected chi connectivity index (χ3v) is 3.70. The normalized spacial score (nSPS) is 32.5. The van der Waals surface area contributed by atoms with Gasteiger partial charge in [0.05, 0.1) is 0 Å². The Morgan fingerprint density at radius 2 is 2.07 bits per heavy atom. The highest BCUT2D eigenvalue weighted by atomic mass is 16.7. The summed E-state index contributed by atoms with van der Waals surface area (Å²) in [6, 6.07) is 0. The molecule has 3 nitrogen and oxygen atoms in total. The van der Waals surface area contributed by atoms with Crippen molar-refractivity contribution in [2.45, 2.75) is 45.6 Å². The maximum Gasteiger partial charge on any atom is 0.506 e. The molecule has 0 saturated heterocycles. The topological polar surface area (TPSA) is 46.5 Å². The zero-order valence-electron chi connectivity index (χ0n) is 9.32. The van der Waals surface area contributed by atoms with Gasteiger partial charge in [0.25, 0.3) is 0 Å². The fourth-order valence-electron chi connectivity index (χ4n) is 2.52. The molecule has 2 atom stereocenters. The van der Waals surface area contributed by atoms with E-state index in [9.17, 15) is 4.79 Å². The summed E-state index contributed by atoms with van der Waals surface area (Å²) in [6.45, 7) is 4.13. The second-order valence-corrected chi connectivity index (χ2v) is 5.18. The molecule has 0 aromatic rings. The Morgan fingerprint density at radius 1 is 1.47 bits per heavy atom. The molecule has 0 heterocycles. The predicted octanol–water partition coefficient (Wildman–Crippen LogP) is 3.21. The molecule has 2 aliphatic rings. The van der Waals surface area contributed by atoms with Crippen LogP contribution in [0.15, 0.2) is 11.6 Å². The second kappa shape index (κ2) is 3.54. The summed E-state index contributed by atoms with van der Waals surface area (Å²) in [7, 11) is 0. The Morgan fingerprint density at radius 3 is 2.60 bits per heavy atom. The van der Waals surface area contributed by atoms with Crippen molar-refractivity contribution in [3.63, 3.8) is 0 Å². The van der Waals surface area contributed by atoms with Crippen LogP contribution in [0.4, 0.5) is 4.79 Å². The van der Waals surface area contributed by atoms with Gasteiger partial charge in [0.15, 0.2) is 0 Å². The predicted molar refractivity (Wildman–Crippen MR) is 56.7 cm³/mol. The molecule has 84 valence electrons. The van der Waals surface area contributed by atoms with Crippen LogP contribution in [0.2, 0.25) is 0 Å². The monoisotopic (exact) mass is 210 g/mol. The fourth-order valence-corrected chi connectivity index (χ4v) is 2.52. The van der Waals surface area contributed by atoms with Gasteiger partial charge in [-0.3, -0.25) is 0 Å². The van der Waals surface area contributed by atoms with E-state index in [1.165, 1.54) is 31.3 Å². The first kappa shape index (κ1) is 10.5. The van der Waals surface area contributed by atoms with Crippen LogP contribution >= 0.6 is 0 Å². The zero-order chi connectivity index (χ0) is 11.1. The van der Waals surface area contributed by atoms with Gasteiger partial charge >= 0.3 is 6.16 Å². The van der Waals surface area contributed by atoms with E-state index in [2.05, 4.69) is 19.9 Å². The summed E-state index contributed by atoms with van der Waals surface area (Å²) >= 11 is 0. The first-order valence-corrected chi connectivity index (χ1v) is 5.61. The first-order chi connectivity index (χ1) is 7.01. The molecular formula is C12H18O3. The third-order valence-electron chi connectivity index (χ3n) is 3.70. The molecule has 0 aromatic heterocycles. The van der Waals surface area contributed by atoms with Gasteiger partial charge in [0.2, 0.25) is 0 Å². The molecule has 3 heteroatoms. The Bertz CT molecular complexity index is 296. The number of carbonyl (C=O) groups is 1. The second-order valence-electron chi connectivity index (χ2n) is 5.18. The Kier molecular flexibility index (Phi) is 2.49. The van der Waals surface area contributed by atoms with Gasteiger partial charge in [-0.1, -0.05) is 25.5 Å². The largest absolute Gasteiger partial charge is 0.506 e. The highest BCUT2D eigenvalue weighted by molar-refractivity contribution is 5.58. The van der Waals surface area contributed by atoms with Gasteiger partial charge in [-0.25, -0.2) is 4.79 Å². The van der Waals surface area contributed by atoms with Crippen LogP contribution in [0.5, 0.6) is 0 Å². The molecule has 1 N–H and O–H groups in total. The van der Waals surface area contributed by atoms with Gasteiger partial charge in [0, 0.05) is 11.3 Å². The average Bonchev–Trinajstić information content (AvgIpc) is 2.58. The first-order valence-electron chi connectivity index (χ1n) is 5.61. The lowest BCUT2D eigenvalue weighted by Gasteiger charge is -1.99. The summed E-state index contributed by atoms with van der Waals surface area (Å²) in [5.41, 5.74) is 1.48. The maximum atomic E-state index is 10.5. The number of allylic oxidation sites excluding steroid dienone is 1. The van der Waals surface area contributed by atoms with Gasteiger partial charge in [0.1, 0.15) is 6.10 Å². The summed E-state index contributed by atoms with van der Waals surface area (Å²) in [5, 5.41) is 8.59. The Labute approximate surface area is 90.1 Å². The van der Waals surface area contributed by atoms with Crippen molar-refractivity contribution in [2.24, 2.45) is 11.3 Å². The number of ether oxygens (including phenoxy) is 1. The molecule has 0 radical (unpaired) electrons. The van der Waals surface area contributed by atoms with Gasteiger partial charge in [-0.15, -0.1) is 0 Å². The van der Waals surface area contributed by atoms with Crippen molar-refractivity contribution in [3.05, 3.63) is 11.6 Å². The summed E-state index contributed by atoms with van der Waals surface area (Å²) in [4.78, 5) is 10.5. The number of hydrogen-bond donors (Lipinski definition) is 1. The molecule has 2 rings (SSSR count). The number of hydrogen-bond acceptors (Lipinski definition) is 2. The highest BCUT2D eigenvalue weighted by Crippen LogP contribution is 2.55. The molecule has 2 fully saturated rings. The molecule has 0 bridgehead atoms. The van der Waals surface area contributed by atoms with Crippen LogP contribution in [-0.4, -0.2) is 17.4 Å². The number of rotatable bonds is 2. The summed E-state index contributed by atoms with van der Waals surface area (Å²) in [6.07, 6.45) is 5.90. The van der Waals surface area contributed by atoms with Crippen LogP contribution in [0.25, 0.3) is 0 Å². The quantitative estimate of drug-likeness (QED) is 0.562. The van der Waals surface area contributed by atoms with E-state index in [-0.39, 0.29) is 11.5 Å². The smallest absolute Gasteiger partial charge is 0.450 e. The zero-order valence-corrected chi connectivity index (χ0v) is 9.32. The van der Waals surface area contributed by atoms with E-state index in [0.29, 0.717) is 5.92 Å². The average molecular weight is 210 g/mol. The van der Waals surface area contributed by atoms with Crippen molar-refractivity contribution in [1.29, 1.82) is 0 Å². The van der Waals surface area contributed by atoms with Crippen LogP contribution in [-0.2, 0) is 4.74 Å². The van der Waals surface area contributed by atoms with Crippen molar-refractivity contribution >= 4 is 6.16 Å². The van der Waals surface area contributed by atoms with E-state index >= 15 is 0 Å². The van der Waals surface area contributed by atoms with E-state index in [4.69, 9.17) is 9.84 Å². The SMILES string of the molecule is CC1(C)C(C=C2CCCC2)C1OC(=O)O. The maximum absolute atomic E-state index is 10.5. The van der Waals surface area contributed by atoms with E-state index in [1.807, 2.05) is 0 Å². The lowest BCUT2D eigenvalue weighted by atomic mass is 10.1. The lowest BCUT2D eigenvalue weighted by Crippen LogP contribution is -2.07. The summed E-state index contributed by atoms with van der Waals surface area (Å²) in [5.74, 6) is 0.293. The lowest BCUT2D eigenvalue weighted by molar-refractivity contribution is 0.0732. The number of carboxylic acid groups (broad SMARTS) is 1. The minimum Gasteiger partial charge on any atom is -0.450 e. The van der Waals surface area contributed by atoms with Crippen LogP contribution in [0.1, 0.15) is 39.5 Å². The molecule has 0 aliphatic heterocycles. The van der Waals surface area contributed by atoms with Crippen molar-refractivity contribution in [2.75, 3.05) is 0 Å². The Hall–Kier alpha value is -0.990. The molecule has 0 aromatic carbocycles. The van der Waals surface area contributed by atoms with Crippen molar-refractivity contribution in [3.8, 4) is 0 Å². The van der Waals surface area contributed by atoms with Gasteiger partial charge in [-0.2, -0.15) is 0 Å². The fraction of sp³-hybridized carbons (Fsp3) is 0.750. The van der Waals surface area contributed by atoms with Crippen LogP contribution < -0.4 is 0 Å². The van der Waals surface area contributed by atoms with E-state index in [1.54, 1.807) is 0 Å². The van der Waals surface area contributed by atoms with E-state index in [0.717, 1.165) is 0 Å².